The summed E-state index contributed by atoms with van der Waals surface area (Å²) in [7, 11) is 0. The van der Waals surface area contributed by atoms with Crippen molar-refractivity contribution in [1.29, 1.82) is 0 Å². The molecule has 4 N–H and O–H groups in total. The summed E-state index contributed by atoms with van der Waals surface area (Å²) >= 11 is 0. The molecule has 2 rings (SSSR count). The molecule has 0 aliphatic rings. The molecular formula is C19H24N4O4. The lowest BCUT2D eigenvalue weighted by atomic mass is 10.2. The Kier molecular flexibility index (Phi) is 6.59. The van der Waals surface area contributed by atoms with Crippen LogP contribution in [0.15, 0.2) is 42.5 Å². The van der Waals surface area contributed by atoms with Crippen LogP contribution in [0.4, 0.5) is 26.8 Å². The van der Waals surface area contributed by atoms with Gasteiger partial charge in [0.05, 0.1) is 6.61 Å². The Labute approximate surface area is 158 Å². The summed E-state index contributed by atoms with van der Waals surface area (Å²) in [5, 5.41) is 5.18. The van der Waals surface area contributed by atoms with E-state index in [1.807, 2.05) is 0 Å². The molecule has 1 heterocycles. The van der Waals surface area contributed by atoms with Crippen LogP contribution in [0, 0.1) is 0 Å². The molecule has 0 aliphatic heterocycles. The van der Waals surface area contributed by atoms with Crippen LogP contribution in [-0.2, 0) is 15.9 Å². The standard InChI is InChI=1S/C19H24N4O4/c1-19(2,3)27-18(25)23-16-6-4-5-14(21-16)11-12-26-17(24)22-15-9-7-13(20)8-10-15/h4-10H,11-12,20H2,1-3H3,(H,22,24)(H,21,23,25). The average molecular weight is 372 g/mol. The predicted molar refractivity (Wildman–Crippen MR) is 104 cm³/mol. The number of hydrogen-bond acceptors (Lipinski definition) is 6. The molecule has 2 aromatic rings. The molecule has 0 saturated heterocycles. The number of ether oxygens (including phenoxy) is 2. The number of anilines is 3. The number of carbonyl (C=O) groups excluding carboxylic acids is 2. The minimum Gasteiger partial charge on any atom is -0.449 e. The zero-order chi connectivity index (χ0) is 19.9. The van der Waals surface area contributed by atoms with Gasteiger partial charge in [0.2, 0.25) is 0 Å². The van der Waals surface area contributed by atoms with Gasteiger partial charge in [-0.25, -0.2) is 14.6 Å². The minimum absolute atomic E-state index is 0.143. The Morgan fingerprint density at radius 2 is 1.74 bits per heavy atom. The van der Waals surface area contributed by atoms with Crippen molar-refractivity contribution in [1.82, 2.24) is 4.98 Å². The van der Waals surface area contributed by atoms with Crippen molar-refractivity contribution in [2.45, 2.75) is 32.8 Å². The van der Waals surface area contributed by atoms with Gasteiger partial charge in [0.15, 0.2) is 0 Å². The summed E-state index contributed by atoms with van der Waals surface area (Å²) in [6, 6.07) is 11.9. The summed E-state index contributed by atoms with van der Waals surface area (Å²) < 4.78 is 10.3. The number of rotatable bonds is 5. The van der Waals surface area contributed by atoms with Crippen molar-refractivity contribution in [3.05, 3.63) is 48.2 Å². The first kappa shape index (κ1) is 20.0. The van der Waals surface area contributed by atoms with Crippen LogP contribution < -0.4 is 16.4 Å². The van der Waals surface area contributed by atoms with Gasteiger partial charge in [-0.05, 0) is 57.2 Å². The number of pyridine rings is 1. The van der Waals surface area contributed by atoms with Gasteiger partial charge in [-0.15, -0.1) is 0 Å². The number of nitrogens with two attached hydrogens (primary N) is 1. The van der Waals surface area contributed by atoms with Crippen LogP contribution in [0.25, 0.3) is 0 Å². The highest BCUT2D eigenvalue weighted by molar-refractivity contribution is 5.85. The van der Waals surface area contributed by atoms with Gasteiger partial charge in [-0.1, -0.05) is 6.07 Å². The van der Waals surface area contributed by atoms with Gasteiger partial charge in [0, 0.05) is 23.5 Å². The van der Waals surface area contributed by atoms with Gasteiger partial charge in [0.25, 0.3) is 0 Å². The quantitative estimate of drug-likeness (QED) is 0.688. The summed E-state index contributed by atoms with van der Waals surface area (Å²) in [6.45, 7) is 5.49. The van der Waals surface area contributed by atoms with Crippen LogP contribution >= 0.6 is 0 Å². The second-order valence-electron chi connectivity index (χ2n) is 6.77. The van der Waals surface area contributed by atoms with Gasteiger partial charge in [-0.3, -0.25) is 10.6 Å². The number of nitrogens with zero attached hydrogens (tertiary/aromatic N) is 1. The van der Waals surface area contributed by atoms with Crippen LogP contribution in [0.3, 0.4) is 0 Å². The highest BCUT2D eigenvalue weighted by Gasteiger charge is 2.16. The van der Waals surface area contributed by atoms with Crippen LogP contribution in [0.1, 0.15) is 26.5 Å². The first-order valence-electron chi connectivity index (χ1n) is 8.46. The fourth-order valence-electron chi connectivity index (χ4n) is 2.07. The third-order valence-electron chi connectivity index (χ3n) is 3.18. The first-order chi connectivity index (χ1) is 12.7. The third kappa shape index (κ3) is 7.64. The molecule has 8 heteroatoms. The number of nitrogen functional groups attached to an aromatic ring is 1. The van der Waals surface area contributed by atoms with Crippen molar-refractivity contribution < 1.29 is 19.1 Å². The number of amides is 2. The molecule has 1 aromatic heterocycles. The molecule has 0 fully saturated rings. The fraction of sp³-hybridized carbons (Fsp3) is 0.316. The lowest BCUT2D eigenvalue weighted by Crippen LogP contribution is -2.27. The largest absolute Gasteiger partial charge is 0.449 e. The van der Waals surface area contributed by atoms with Crippen molar-refractivity contribution in [2.24, 2.45) is 0 Å². The van der Waals surface area contributed by atoms with Gasteiger partial charge in [-0.2, -0.15) is 0 Å². The Hall–Kier alpha value is -3.29. The lowest BCUT2D eigenvalue weighted by Gasteiger charge is -2.19. The maximum absolute atomic E-state index is 11.8. The molecule has 144 valence electrons. The number of nitrogens with one attached hydrogen (secondary N) is 2. The summed E-state index contributed by atoms with van der Waals surface area (Å²) in [5.41, 5.74) is 6.87. The fourth-order valence-corrected chi connectivity index (χ4v) is 2.07. The second kappa shape index (κ2) is 8.88. The monoisotopic (exact) mass is 372 g/mol. The van der Waals surface area contributed by atoms with E-state index in [1.54, 1.807) is 63.2 Å². The molecule has 0 atom stereocenters. The van der Waals surface area contributed by atoms with E-state index < -0.39 is 17.8 Å². The highest BCUT2D eigenvalue weighted by Crippen LogP contribution is 2.12. The Morgan fingerprint density at radius 1 is 1.04 bits per heavy atom. The van der Waals surface area contributed by atoms with Gasteiger partial charge in [0.1, 0.15) is 11.4 Å². The molecule has 0 radical (unpaired) electrons. The molecule has 0 aliphatic carbocycles. The summed E-state index contributed by atoms with van der Waals surface area (Å²) in [6.07, 6.45) is -0.743. The van der Waals surface area contributed by atoms with Crippen LogP contribution in [0.2, 0.25) is 0 Å². The third-order valence-corrected chi connectivity index (χ3v) is 3.18. The molecule has 0 bridgehead atoms. The zero-order valence-electron chi connectivity index (χ0n) is 15.6. The molecule has 0 spiro atoms. The molecule has 0 unspecified atom stereocenters. The van der Waals surface area contributed by atoms with Crippen LogP contribution in [-0.4, -0.2) is 29.4 Å². The average Bonchev–Trinajstić information content (AvgIpc) is 2.55. The predicted octanol–water partition coefficient (Wildman–Crippen LogP) is 3.80. The van der Waals surface area contributed by atoms with E-state index in [9.17, 15) is 9.59 Å². The number of benzene rings is 1. The van der Waals surface area contributed by atoms with Crippen molar-refractivity contribution in [3.63, 3.8) is 0 Å². The molecule has 0 saturated carbocycles. The van der Waals surface area contributed by atoms with Gasteiger partial charge >= 0.3 is 12.2 Å². The van der Waals surface area contributed by atoms with Gasteiger partial charge < -0.3 is 15.2 Å². The van der Waals surface area contributed by atoms with E-state index >= 15 is 0 Å². The zero-order valence-corrected chi connectivity index (χ0v) is 15.6. The van der Waals surface area contributed by atoms with E-state index in [0.717, 1.165) is 0 Å². The molecule has 8 nitrogen and oxygen atoms in total. The summed E-state index contributed by atoms with van der Waals surface area (Å²) in [4.78, 5) is 27.8. The minimum atomic E-state index is -0.590. The molecule has 2 amide bonds. The van der Waals surface area contributed by atoms with E-state index in [1.165, 1.54) is 0 Å². The number of carbonyl (C=O) groups is 2. The second-order valence-corrected chi connectivity index (χ2v) is 6.77. The topological polar surface area (TPSA) is 116 Å². The van der Waals surface area contributed by atoms with Crippen molar-refractivity contribution >= 4 is 29.4 Å². The normalized spacial score (nSPS) is 10.8. The Balaban J connectivity index is 1.79. The smallest absolute Gasteiger partial charge is 0.413 e. The molecule has 1 aromatic carbocycles. The van der Waals surface area contributed by atoms with E-state index in [2.05, 4.69) is 15.6 Å². The number of hydrogen-bond donors (Lipinski definition) is 3. The van der Waals surface area contributed by atoms with Crippen molar-refractivity contribution in [2.75, 3.05) is 23.0 Å². The Morgan fingerprint density at radius 3 is 2.41 bits per heavy atom. The maximum atomic E-state index is 11.8. The summed E-state index contributed by atoms with van der Waals surface area (Å²) in [5.74, 6) is 0.369. The lowest BCUT2D eigenvalue weighted by molar-refractivity contribution is 0.0635. The highest BCUT2D eigenvalue weighted by atomic mass is 16.6. The maximum Gasteiger partial charge on any atom is 0.413 e. The van der Waals surface area contributed by atoms with Crippen LogP contribution in [0.5, 0.6) is 0 Å². The van der Waals surface area contributed by atoms with Crippen molar-refractivity contribution in [3.8, 4) is 0 Å². The molecule has 27 heavy (non-hydrogen) atoms. The van der Waals surface area contributed by atoms with E-state index in [0.29, 0.717) is 29.3 Å². The first-order valence-corrected chi connectivity index (χ1v) is 8.46. The number of aromatic nitrogens is 1. The SMILES string of the molecule is CC(C)(C)OC(=O)Nc1cccc(CCOC(=O)Nc2ccc(N)cc2)n1. The molecular weight excluding hydrogens is 348 g/mol. The Bertz CT molecular complexity index is 785. The van der Waals surface area contributed by atoms with E-state index in [-0.39, 0.29) is 6.61 Å². The van der Waals surface area contributed by atoms with E-state index in [4.69, 9.17) is 15.2 Å².